The second-order valence-corrected chi connectivity index (χ2v) is 5.33. The lowest BCUT2D eigenvalue weighted by Gasteiger charge is -2.18. The number of halogens is 1. The first-order chi connectivity index (χ1) is 11.2. The van der Waals surface area contributed by atoms with Gasteiger partial charge in [0.2, 0.25) is 5.95 Å². The van der Waals surface area contributed by atoms with Gasteiger partial charge in [0.15, 0.2) is 5.82 Å². The number of carbonyl (C=O) groups excluding carboxylic acids is 1. The number of amides is 1. The Morgan fingerprint density at radius 1 is 1.35 bits per heavy atom. The molecule has 2 aromatic heterocycles. The predicted octanol–water partition coefficient (Wildman–Crippen LogP) is 0.238. The maximum absolute atomic E-state index is 13.6. The van der Waals surface area contributed by atoms with Gasteiger partial charge in [0.25, 0.3) is 5.91 Å². The van der Waals surface area contributed by atoms with Crippen molar-refractivity contribution in [2.75, 3.05) is 24.6 Å². The van der Waals surface area contributed by atoms with E-state index < -0.39 is 11.7 Å². The van der Waals surface area contributed by atoms with E-state index in [0.29, 0.717) is 19.0 Å². The van der Waals surface area contributed by atoms with Gasteiger partial charge >= 0.3 is 0 Å². The van der Waals surface area contributed by atoms with Crippen LogP contribution in [0.1, 0.15) is 10.4 Å². The summed E-state index contributed by atoms with van der Waals surface area (Å²) < 4.78 is 13.6. The van der Waals surface area contributed by atoms with Crippen molar-refractivity contribution in [3.63, 3.8) is 0 Å². The molecule has 2 atom stereocenters. The number of nitrogens with zero attached hydrogens (tertiary/aromatic N) is 4. The van der Waals surface area contributed by atoms with Crippen LogP contribution in [0.25, 0.3) is 0 Å². The van der Waals surface area contributed by atoms with Crippen LogP contribution in [0.2, 0.25) is 0 Å². The third-order valence-corrected chi connectivity index (χ3v) is 3.84. The topological polar surface area (TPSA) is 91.2 Å². The van der Waals surface area contributed by atoms with Crippen LogP contribution >= 0.6 is 0 Å². The third-order valence-electron chi connectivity index (χ3n) is 3.84. The van der Waals surface area contributed by atoms with Crippen molar-refractivity contribution < 1.29 is 14.3 Å². The van der Waals surface area contributed by atoms with Gasteiger partial charge in [-0.15, -0.1) is 0 Å². The molecule has 0 aromatic carbocycles. The molecule has 3 heterocycles. The summed E-state index contributed by atoms with van der Waals surface area (Å²) in [6.07, 6.45) is 5.63. The smallest absolute Gasteiger partial charge is 0.254 e. The SMILES string of the molecule is O=C(N[C@@H]1CN(c2ncccn2)C[C@H]1CO)c1ccncc1F. The Morgan fingerprint density at radius 2 is 2.13 bits per heavy atom. The average Bonchev–Trinajstić information content (AvgIpc) is 2.99. The summed E-state index contributed by atoms with van der Waals surface area (Å²) in [6.45, 7) is 0.880. The average molecular weight is 317 g/mol. The van der Waals surface area contributed by atoms with Gasteiger partial charge in [-0.25, -0.2) is 14.4 Å². The predicted molar refractivity (Wildman–Crippen MR) is 80.3 cm³/mol. The van der Waals surface area contributed by atoms with Crippen molar-refractivity contribution in [1.29, 1.82) is 0 Å². The molecule has 23 heavy (non-hydrogen) atoms. The van der Waals surface area contributed by atoms with Crippen molar-refractivity contribution in [2.24, 2.45) is 5.92 Å². The quantitative estimate of drug-likeness (QED) is 0.839. The second kappa shape index (κ2) is 6.66. The summed E-state index contributed by atoms with van der Waals surface area (Å²) in [5.41, 5.74) is -0.0638. The first-order valence-corrected chi connectivity index (χ1v) is 7.22. The van der Waals surface area contributed by atoms with E-state index in [1.54, 1.807) is 18.5 Å². The maximum atomic E-state index is 13.6. The fourth-order valence-corrected chi connectivity index (χ4v) is 2.64. The molecule has 8 heteroatoms. The molecule has 0 radical (unpaired) electrons. The van der Waals surface area contributed by atoms with Gasteiger partial charge in [-0.3, -0.25) is 9.78 Å². The first-order valence-electron chi connectivity index (χ1n) is 7.22. The number of pyridine rings is 1. The highest BCUT2D eigenvalue weighted by Gasteiger charge is 2.35. The molecule has 2 N–H and O–H groups in total. The van der Waals surface area contributed by atoms with Gasteiger partial charge in [-0.1, -0.05) is 0 Å². The van der Waals surface area contributed by atoms with E-state index in [1.165, 1.54) is 12.3 Å². The zero-order chi connectivity index (χ0) is 16.2. The fourth-order valence-electron chi connectivity index (χ4n) is 2.64. The molecule has 0 saturated carbocycles. The maximum Gasteiger partial charge on any atom is 0.254 e. The molecule has 120 valence electrons. The Morgan fingerprint density at radius 3 is 2.83 bits per heavy atom. The molecule has 1 saturated heterocycles. The van der Waals surface area contributed by atoms with Crippen LogP contribution in [0.5, 0.6) is 0 Å². The molecule has 0 aliphatic carbocycles. The largest absolute Gasteiger partial charge is 0.396 e. The summed E-state index contributed by atoms with van der Waals surface area (Å²) >= 11 is 0. The molecule has 0 spiro atoms. The molecule has 0 unspecified atom stereocenters. The Hall–Kier alpha value is -2.61. The van der Waals surface area contributed by atoms with E-state index >= 15 is 0 Å². The molecule has 3 rings (SSSR count). The van der Waals surface area contributed by atoms with E-state index in [1.807, 2.05) is 4.90 Å². The number of carbonyl (C=O) groups is 1. The molecule has 1 fully saturated rings. The second-order valence-electron chi connectivity index (χ2n) is 5.33. The number of aromatic nitrogens is 3. The van der Waals surface area contributed by atoms with Crippen LogP contribution in [0.3, 0.4) is 0 Å². The summed E-state index contributed by atoms with van der Waals surface area (Å²) in [5.74, 6) is -0.832. The highest BCUT2D eigenvalue weighted by Crippen LogP contribution is 2.21. The number of aliphatic hydroxyl groups excluding tert-OH is 1. The van der Waals surface area contributed by atoms with Crippen LogP contribution < -0.4 is 10.2 Å². The van der Waals surface area contributed by atoms with Crippen LogP contribution in [0.15, 0.2) is 36.9 Å². The number of rotatable bonds is 4. The summed E-state index contributed by atoms with van der Waals surface area (Å²) in [7, 11) is 0. The van der Waals surface area contributed by atoms with Crippen molar-refractivity contribution >= 4 is 11.9 Å². The minimum atomic E-state index is -0.674. The highest BCUT2D eigenvalue weighted by atomic mass is 19.1. The standard InChI is InChI=1S/C15H16FN5O2/c16-12-6-17-5-2-11(12)14(23)20-13-8-21(7-10(13)9-22)15-18-3-1-4-19-15/h1-6,10,13,22H,7-9H2,(H,20,23)/t10-,13+/m0/s1. The summed E-state index contributed by atoms with van der Waals surface area (Å²) in [5, 5.41) is 12.3. The highest BCUT2D eigenvalue weighted by molar-refractivity contribution is 5.94. The van der Waals surface area contributed by atoms with Gasteiger partial charge in [-0.2, -0.15) is 0 Å². The van der Waals surface area contributed by atoms with Gasteiger partial charge < -0.3 is 15.3 Å². The number of hydrogen-bond donors (Lipinski definition) is 2. The van der Waals surface area contributed by atoms with E-state index in [2.05, 4.69) is 20.3 Å². The van der Waals surface area contributed by atoms with Crippen molar-refractivity contribution in [2.45, 2.75) is 6.04 Å². The van der Waals surface area contributed by atoms with Crippen LogP contribution in [-0.2, 0) is 0 Å². The Balaban J connectivity index is 1.72. The molecular formula is C15H16FN5O2. The van der Waals surface area contributed by atoms with Crippen molar-refractivity contribution in [3.8, 4) is 0 Å². The minimum Gasteiger partial charge on any atom is -0.396 e. The molecule has 2 aromatic rings. The molecule has 1 aliphatic rings. The molecule has 0 bridgehead atoms. The Labute approximate surface area is 132 Å². The lowest BCUT2D eigenvalue weighted by Crippen LogP contribution is -2.42. The number of anilines is 1. The van der Waals surface area contributed by atoms with Crippen molar-refractivity contribution in [1.82, 2.24) is 20.3 Å². The third kappa shape index (κ3) is 3.26. The van der Waals surface area contributed by atoms with E-state index in [-0.39, 0.29) is 24.1 Å². The molecule has 1 amide bonds. The van der Waals surface area contributed by atoms with Crippen molar-refractivity contribution in [3.05, 3.63) is 48.3 Å². The van der Waals surface area contributed by atoms with Crippen LogP contribution in [-0.4, -0.2) is 51.7 Å². The zero-order valence-electron chi connectivity index (χ0n) is 12.3. The lowest BCUT2D eigenvalue weighted by molar-refractivity contribution is 0.0917. The normalized spacial score (nSPS) is 20.5. The van der Waals surface area contributed by atoms with Gasteiger partial charge in [0.1, 0.15) is 0 Å². The van der Waals surface area contributed by atoms with Crippen LogP contribution in [0.4, 0.5) is 10.3 Å². The number of aliphatic hydroxyl groups is 1. The van der Waals surface area contributed by atoms with E-state index in [4.69, 9.17) is 0 Å². The Bertz CT molecular complexity index is 685. The molecule has 1 aliphatic heterocycles. The zero-order valence-corrected chi connectivity index (χ0v) is 12.3. The van der Waals surface area contributed by atoms with Gasteiger partial charge in [-0.05, 0) is 12.1 Å². The number of nitrogens with one attached hydrogen (secondary N) is 1. The first kappa shape index (κ1) is 15.3. The number of hydrogen-bond acceptors (Lipinski definition) is 6. The fraction of sp³-hybridized carbons (Fsp3) is 0.333. The lowest BCUT2D eigenvalue weighted by atomic mass is 10.0. The van der Waals surface area contributed by atoms with Gasteiger partial charge in [0.05, 0.1) is 17.8 Å². The van der Waals surface area contributed by atoms with Gasteiger partial charge in [0, 0.05) is 44.2 Å². The monoisotopic (exact) mass is 317 g/mol. The minimum absolute atomic E-state index is 0.0638. The van der Waals surface area contributed by atoms with E-state index in [0.717, 1.165) is 6.20 Å². The molecule has 7 nitrogen and oxygen atoms in total. The Kier molecular flexibility index (Phi) is 4.42. The molecular weight excluding hydrogens is 301 g/mol. The van der Waals surface area contributed by atoms with E-state index in [9.17, 15) is 14.3 Å². The summed E-state index contributed by atoms with van der Waals surface area (Å²) in [6, 6.07) is 2.73. The summed E-state index contributed by atoms with van der Waals surface area (Å²) in [4.78, 5) is 26.1. The van der Waals surface area contributed by atoms with Crippen LogP contribution in [0, 0.1) is 11.7 Å².